The summed E-state index contributed by atoms with van der Waals surface area (Å²) in [5.41, 5.74) is 2.87. The average molecular weight is 353 g/mol. The van der Waals surface area contributed by atoms with Crippen molar-refractivity contribution >= 4 is 29.5 Å². The van der Waals surface area contributed by atoms with E-state index < -0.39 is 0 Å². The lowest BCUT2D eigenvalue weighted by Crippen LogP contribution is -2.37. The molecule has 3 aromatic heterocycles. The highest BCUT2D eigenvalue weighted by Gasteiger charge is 2.43. The van der Waals surface area contributed by atoms with Crippen molar-refractivity contribution in [3.05, 3.63) is 36.3 Å². The maximum Gasteiger partial charge on any atom is 0.162 e. The SMILES string of the molecule is SC1(c2cc(N3CCOCC3)nc(-c3ccnc4[nH]ccc34)n2)CC1. The van der Waals surface area contributed by atoms with E-state index in [0.717, 1.165) is 73.1 Å². The second-order valence-corrected chi connectivity index (χ2v) is 7.52. The summed E-state index contributed by atoms with van der Waals surface area (Å²) < 4.78 is 5.37. The van der Waals surface area contributed by atoms with Crippen LogP contribution in [0.2, 0.25) is 0 Å². The Labute approximate surface area is 151 Å². The van der Waals surface area contributed by atoms with Gasteiger partial charge < -0.3 is 14.6 Å². The molecule has 3 aromatic rings. The molecule has 7 heteroatoms. The van der Waals surface area contributed by atoms with Crippen molar-refractivity contribution in [2.45, 2.75) is 17.6 Å². The van der Waals surface area contributed by atoms with Gasteiger partial charge in [-0.1, -0.05) is 0 Å². The van der Waals surface area contributed by atoms with Gasteiger partial charge in [-0.05, 0) is 25.0 Å². The van der Waals surface area contributed by atoms with Gasteiger partial charge in [0.2, 0.25) is 0 Å². The zero-order valence-corrected chi connectivity index (χ0v) is 14.7. The normalized spacial score (nSPS) is 19.3. The van der Waals surface area contributed by atoms with Gasteiger partial charge in [0.25, 0.3) is 0 Å². The molecular weight excluding hydrogens is 334 g/mol. The predicted molar refractivity (Wildman–Crippen MR) is 100 cm³/mol. The first-order valence-corrected chi connectivity index (χ1v) is 9.05. The molecule has 0 radical (unpaired) electrons. The maximum atomic E-state index is 5.48. The molecule has 2 fully saturated rings. The van der Waals surface area contributed by atoms with Gasteiger partial charge in [0, 0.05) is 42.5 Å². The van der Waals surface area contributed by atoms with Gasteiger partial charge in [-0.25, -0.2) is 15.0 Å². The Balaban J connectivity index is 1.66. The first kappa shape index (κ1) is 15.2. The van der Waals surface area contributed by atoms with E-state index in [2.05, 4.69) is 20.9 Å². The molecule has 0 unspecified atom stereocenters. The number of rotatable bonds is 3. The lowest BCUT2D eigenvalue weighted by molar-refractivity contribution is 0.122. The molecule has 4 heterocycles. The van der Waals surface area contributed by atoms with E-state index in [0.29, 0.717) is 0 Å². The van der Waals surface area contributed by atoms with Crippen LogP contribution in [0.3, 0.4) is 0 Å². The summed E-state index contributed by atoms with van der Waals surface area (Å²) in [5, 5.41) is 1.04. The minimum absolute atomic E-state index is 0.108. The molecular formula is C18H19N5OS. The minimum atomic E-state index is -0.108. The molecule has 6 nitrogen and oxygen atoms in total. The predicted octanol–water partition coefficient (Wildman–Crippen LogP) is 2.78. The molecule has 0 spiro atoms. The minimum Gasteiger partial charge on any atom is -0.378 e. The van der Waals surface area contributed by atoms with Gasteiger partial charge in [0.05, 0.1) is 23.7 Å². The Morgan fingerprint density at radius 2 is 2.00 bits per heavy atom. The van der Waals surface area contributed by atoms with Crippen molar-refractivity contribution in [1.29, 1.82) is 0 Å². The van der Waals surface area contributed by atoms with E-state index in [-0.39, 0.29) is 4.75 Å². The second-order valence-electron chi connectivity index (χ2n) is 6.66. The first-order valence-electron chi connectivity index (χ1n) is 8.60. The summed E-state index contributed by atoms with van der Waals surface area (Å²) >= 11 is 4.84. The van der Waals surface area contributed by atoms with Crippen LogP contribution in [0.1, 0.15) is 18.5 Å². The lowest BCUT2D eigenvalue weighted by Gasteiger charge is -2.28. The molecule has 128 valence electrons. The number of hydrogen-bond acceptors (Lipinski definition) is 6. The number of anilines is 1. The quantitative estimate of drug-likeness (QED) is 0.709. The van der Waals surface area contributed by atoms with E-state index in [1.807, 2.05) is 18.3 Å². The third kappa shape index (κ3) is 2.67. The summed E-state index contributed by atoms with van der Waals surface area (Å²) in [6.45, 7) is 3.17. The molecule has 0 aromatic carbocycles. The van der Waals surface area contributed by atoms with E-state index in [1.165, 1.54) is 0 Å². The molecule has 1 saturated heterocycles. The van der Waals surface area contributed by atoms with Crippen LogP contribution in [0.5, 0.6) is 0 Å². The molecule has 1 aliphatic heterocycles. The smallest absolute Gasteiger partial charge is 0.162 e. The van der Waals surface area contributed by atoms with Crippen molar-refractivity contribution in [3.63, 3.8) is 0 Å². The Hall–Kier alpha value is -2.12. The van der Waals surface area contributed by atoms with Crippen LogP contribution in [0.25, 0.3) is 22.4 Å². The largest absolute Gasteiger partial charge is 0.378 e. The van der Waals surface area contributed by atoms with Crippen molar-refractivity contribution in [2.24, 2.45) is 0 Å². The van der Waals surface area contributed by atoms with Crippen molar-refractivity contribution in [2.75, 3.05) is 31.2 Å². The standard InChI is InChI=1S/C18H19N5OS/c25-18(3-4-18)14-11-15(23-7-9-24-10-8-23)22-17(21-14)13-2-6-20-16-12(13)1-5-19-16/h1-2,5-6,11,25H,3-4,7-10H2,(H,19,20). The number of hydrogen-bond donors (Lipinski definition) is 2. The molecule has 5 rings (SSSR count). The summed E-state index contributed by atoms with van der Waals surface area (Å²) in [4.78, 5) is 19.6. The highest BCUT2D eigenvalue weighted by atomic mass is 32.1. The summed E-state index contributed by atoms with van der Waals surface area (Å²) in [6.07, 6.45) is 5.82. The zero-order chi connectivity index (χ0) is 16.9. The molecule has 0 atom stereocenters. The molecule has 25 heavy (non-hydrogen) atoms. The Kier molecular flexibility index (Phi) is 3.46. The fourth-order valence-electron chi connectivity index (χ4n) is 3.28. The van der Waals surface area contributed by atoms with Crippen LogP contribution in [-0.2, 0) is 9.48 Å². The van der Waals surface area contributed by atoms with Gasteiger partial charge in [-0.2, -0.15) is 12.6 Å². The second kappa shape index (κ2) is 5.71. The Bertz CT molecular complexity index is 930. The van der Waals surface area contributed by atoms with Gasteiger partial charge in [0.1, 0.15) is 11.5 Å². The summed E-state index contributed by atoms with van der Waals surface area (Å²) in [6, 6.07) is 6.11. The van der Waals surface area contributed by atoms with Crippen molar-refractivity contribution < 1.29 is 4.74 Å². The van der Waals surface area contributed by atoms with Crippen LogP contribution in [0.4, 0.5) is 5.82 Å². The third-order valence-electron chi connectivity index (χ3n) is 4.95. The highest BCUT2D eigenvalue weighted by Crippen LogP contribution is 2.51. The number of aromatic nitrogens is 4. The number of nitrogens with one attached hydrogen (secondary N) is 1. The third-order valence-corrected chi connectivity index (χ3v) is 5.63. The fourth-order valence-corrected chi connectivity index (χ4v) is 3.50. The van der Waals surface area contributed by atoms with E-state index in [1.54, 1.807) is 6.20 Å². The van der Waals surface area contributed by atoms with Gasteiger partial charge in [0.15, 0.2) is 5.82 Å². The van der Waals surface area contributed by atoms with E-state index in [9.17, 15) is 0 Å². The molecule has 1 saturated carbocycles. The monoisotopic (exact) mass is 353 g/mol. The molecule has 1 N–H and O–H groups in total. The topological polar surface area (TPSA) is 66.9 Å². The number of H-pyrrole nitrogens is 1. The summed E-state index contributed by atoms with van der Waals surface area (Å²) in [7, 11) is 0. The molecule has 0 bridgehead atoms. The van der Waals surface area contributed by atoms with Crippen LogP contribution >= 0.6 is 12.6 Å². The molecule has 1 aliphatic carbocycles. The van der Waals surface area contributed by atoms with Gasteiger partial charge in [-0.15, -0.1) is 0 Å². The Morgan fingerprint density at radius 1 is 1.16 bits per heavy atom. The van der Waals surface area contributed by atoms with Gasteiger partial charge >= 0.3 is 0 Å². The van der Waals surface area contributed by atoms with Crippen molar-refractivity contribution in [1.82, 2.24) is 19.9 Å². The molecule has 2 aliphatic rings. The van der Waals surface area contributed by atoms with Crippen LogP contribution in [0.15, 0.2) is 30.6 Å². The number of nitrogens with zero attached hydrogens (tertiary/aromatic N) is 4. The highest BCUT2D eigenvalue weighted by molar-refractivity contribution is 7.81. The summed E-state index contributed by atoms with van der Waals surface area (Å²) in [5.74, 6) is 1.70. The fraction of sp³-hybridized carbons (Fsp3) is 0.389. The van der Waals surface area contributed by atoms with E-state index in [4.69, 9.17) is 27.3 Å². The van der Waals surface area contributed by atoms with Crippen LogP contribution < -0.4 is 4.90 Å². The van der Waals surface area contributed by atoms with E-state index >= 15 is 0 Å². The number of pyridine rings is 1. The Morgan fingerprint density at radius 3 is 2.80 bits per heavy atom. The number of morpholine rings is 1. The number of aromatic amines is 1. The van der Waals surface area contributed by atoms with Crippen LogP contribution in [-0.4, -0.2) is 46.2 Å². The van der Waals surface area contributed by atoms with Crippen molar-refractivity contribution in [3.8, 4) is 11.4 Å². The van der Waals surface area contributed by atoms with Gasteiger partial charge in [-0.3, -0.25) is 0 Å². The number of thiol groups is 1. The number of fused-ring (bicyclic) bond motifs is 1. The van der Waals surface area contributed by atoms with Crippen LogP contribution in [0, 0.1) is 0 Å². The molecule has 0 amide bonds. The lowest BCUT2D eigenvalue weighted by atomic mass is 10.1. The average Bonchev–Trinajstić information content (AvgIpc) is 3.23. The zero-order valence-electron chi connectivity index (χ0n) is 13.8. The number of ether oxygens (including phenoxy) is 1. The maximum absolute atomic E-state index is 5.48. The first-order chi connectivity index (χ1) is 12.2.